The Bertz CT molecular complexity index is 965. The molecule has 30 heavy (non-hydrogen) atoms. The lowest BCUT2D eigenvalue weighted by molar-refractivity contribution is -0.116. The highest BCUT2D eigenvalue weighted by atomic mass is 35.5. The second-order valence-electron chi connectivity index (χ2n) is 7.69. The van der Waals surface area contributed by atoms with E-state index in [0.717, 1.165) is 24.8 Å². The van der Waals surface area contributed by atoms with Crippen LogP contribution in [0.4, 0.5) is 5.69 Å². The van der Waals surface area contributed by atoms with E-state index < -0.39 is 6.10 Å². The minimum Gasteiger partial charge on any atom is -0.391 e. The summed E-state index contributed by atoms with van der Waals surface area (Å²) in [7, 11) is 0. The number of carbonyl (C=O) groups is 1. The van der Waals surface area contributed by atoms with Crippen molar-refractivity contribution in [3.8, 4) is 0 Å². The molecule has 2 aromatic rings. The standard InChI is InChI=1S/C22H22Cl3N3O2/c23-14-7-5-13(6-8-14)20-12-18(22(30)26-17-3-1-2-4-21(17)29)27-28(20)19-10-9-15(24)11-16(19)25/h5-11,17,20-21,29H,1-4,12H2,(H,26,30)/t17-,20?,21-/m1/s1. The molecule has 0 bridgehead atoms. The van der Waals surface area contributed by atoms with Gasteiger partial charge in [-0.15, -0.1) is 0 Å². The average molecular weight is 467 g/mol. The Balaban J connectivity index is 1.63. The van der Waals surface area contributed by atoms with Crippen LogP contribution in [0.5, 0.6) is 0 Å². The van der Waals surface area contributed by atoms with E-state index in [4.69, 9.17) is 34.8 Å². The number of nitrogens with zero attached hydrogens (tertiary/aromatic N) is 2. The summed E-state index contributed by atoms with van der Waals surface area (Å²) in [4.78, 5) is 13.0. The van der Waals surface area contributed by atoms with Gasteiger partial charge in [0.2, 0.25) is 0 Å². The van der Waals surface area contributed by atoms with E-state index >= 15 is 0 Å². The van der Waals surface area contributed by atoms with Gasteiger partial charge in [-0.1, -0.05) is 59.8 Å². The number of aliphatic hydroxyl groups is 1. The molecule has 1 saturated carbocycles. The minimum absolute atomic E-state index is 0.210. The van der Waals surface area contributed by atoms with Crippen molar-refractivity contribution in [2.45, 2.75) is 50.3 Å². The van der Waals surface area contributed by atoms with Crippen LogP contribution in [0.2, 0.25) is 15.1 Å². The molecule has 3 atom stereocenters. The summed E-state index contributed by atoms with van der Waals surface area (Å²) in [6.45, 7) is 0. The molecule has 1 fully saturated rings. The summed E-state index contributed by atoms with van der Waals surface area (Å²) in [6.07, 6.45) is 3.35. The van der Waals surface area contributed by atoms with E-state index in [0.29, 0.717) is 39.3 Å². The van der Waals surface area contributed by atoms with Crippen LogP contribution in [0.25, 0.3) is 0 Å². The van der Waals surface area contributed by atoms with Crippen LogP contribution in [0.15, 0.2) is 47.6 Å². The predicted octanol–water partition coefficient (Wildman–Crippen LogP) is 5.37. The van der Waals surface area contributed by atoms with Crippen LogP contribution < -0.4 is 10.3 Å². The lowest BCUT2D eigenvalue weighted by Gasteiger charge is -2.28. The number of hydrogen-bond donors (Lipinski definition) is 2. The lowest BCUT2D eigenvalue weighted by Crippen LogP contribution is -2.47. The lowest BCUT2D eigenvalue weighted by atomic mass is 9.92. The monoisotopic (exact) mass is 465 g/mol. The Morgan fingerprint density at radius 3 is 2.43 bits per heavy atom. The van der Waals surface area contributed by atoms with Crippen molar-refractivity contribution in [1.82, 2.24) is 5.32 Å². The molecule has 1 aliphatic carbocycles. The quantitative estimate of drug-likeness (QED) is 0.636. The van der Waals surface area contributed by atoms with Gasteiger partial charge in [-0.25, -0.2) is 0 Å². The summed E-state index contributed by atoms with van der Waals surface area (Å²) in [6, 6.07) is 12.2. The second kappa shape index (κ2) is 9.15. The molecule has 4 rings (SSSR count). The molecule has 5 nitrogen and oxygen atoms in total. The van der Waals surface area contributed by atoms with Gasteiger partial charge in [0.1, 0.15) is 5.71 Å². The normalized spacial score (nSPS) is 23.9. The van der Waals surface area contributed by atoms with Gasteiger partial charge in [0.25, 0.3) is 5.91 Å². The van der Waals surface area contributed by atoms with Crippen LogP contribution in [0.1, 0.15) is 43.7 Å². The van der Waals surface area contributed by atoms with Crippen LogP contribution in [-0.4, -0.2) is 28.9 Å². The molecular formula is C22H22Cl3N3O2. The Morgan fingerprint density at radius 1 is 1.03 bits per heavy atom. The minimum atomic E-state index is -0.515. The SMILES string of the molecule is O=C(N[C@@H]1CCCC[C@H]1O)C1=NN(c2ccc(Cl)cc2Cl)C(c2ccc(Cl)cc2)C1. The number of amides is 1. The molecule has 2 N–H and O–H groups in total. The highest BCUT2D eigenvalue weighted by Crippen LogP contribution is 2.40. The maximum absolute atomic E-state index is 13.0. The number of anilines is 1. The third-order valence-electron chi connectivity index (χ3n) is 5.63. The topological polar surface area (TPSA) is 64.9 Å². The third-order valence-corrected chi connectivity index (χ3v) is 6.42. The van der Waals surface area contributed by atoms with Crippen molar-refractivity contribution < 1.29 is 9.90 Å². The number of rotatable bonds is 4. The van der Waals surface area contributed by atoms with Gasteiger partial charge in [-0.05, 0) is 48.7 Å². The largest absolute Gasteiger partial charge is 0.391 e. The summed E-state index contributed by atoms with van der Waals surface area (Å²) in [5.74, 6) is -0.257. The first-order valence-corrected chi connectivity index (χ1v) is 11.1. The molecule has 158 valence electrons. The fraction of sp³-hybridized carbons (Fsp3) is 0.364. The van der Waals surface area contributed by atoms with Crippen molar-refractivity contribution in [2.24, 2.45) is 5.10 Å². The predicted molar refractivity (Wildman–Crippen MR) is 122 cm³/mol. The van der Waals surface area contributed by atoms with E-state index in [1.807, 2.05) is 24.3 Å². The molecule has 2 aliphatic rings. The number of hydrazone groups is 1. The molecule has 8 heteroatoms. The van der Waals surface area contributed by atoms with Crippen LogP contribution in [0.3, 0.4) is 0 Å². The number of halogens is 3. The van der Waals surface area contributed by atoms with E-state index in [1.54, 1.807) is 23.2 Å². The first-order chi connectivity index (χ1) is 14.4. The number of nitrogens with one attached hydrogen (secondary N) is 1. The van der Waals surface area contributed by atoms with Gasteiger partial charge in [-0.2, -0.15) is 5.10 Å². The first-order valence-electron chi connectivity index (χ1n) is 9.98. The van der Waals surface area contributed by atoms with E-state index in [9.17, 15) is 9.90 Å². The van der Waals surface area contributed by atoms with Crippen LogP contribution in [-0.2, 0) is 4.79 Å². The van der Waals surface area contributed by atoms with Gasteiger partial charge in [0.05, 0.1) is 28.9 Å². The van der Waals surface area contributed by atoms with Gasteiger partial charge in [-0.3, -0.25) is 9.80 Å². The fourth-order valence-corrected chi connectivity index (χ4v) is 4.63. The van der Waals surface area contributed by atoms with Gasteiger partial charge in [0.15, 0.2) is 0 Å². The van der Waals surface area contributed by atoms with Crippen LogP contribution >= 0.6 is 34.8 Å². The van der Waals surface area contributed by atoms with Gasteiger partial charge >= 0.3 is 0 Å². The Morgan fingerprint density at radius 2 is 1.73 bits per heavy atom. The Kier molecular flexibility index (Phi) is 6.54. The zero-order valence-electron chi connectivity index (χ0n) is 16.2. The molecule has 2 aromatic carbocycles. The summed E-state index contributed by atoms with van der Waals surface area (Å²) in [5.41, 5.74) is 2.04. The van der Waals surface area contributed by atoms with E-state index in [-0.39, 0.29) is 18.0 Å². The molecule has 0 spiro atoms. The summed E-state index contributed by atoms with van der Waals surface area (Å²) < 4.78 is 0. The van der Waals surface area contributed by atoms with Gasteiger partial charge < -0.3 is 10.4 Å². The molecule has 0 saturated heterocycles. The fourth-order valence-electron chi connectivity index (χ4n) is 4.01. The van der Waals surface area contributed by atoms with Crippen molar-refractivity contribution in [3.63, 3.8) is 0 Å². The smallest absolute Gasteiger partial charge is 0.267 e. The number of hydrogen-bond acceptors (Lipinski definition) is 4. The average Bonchev–Trinajstić information content (AvgIpc) is 3.15. The highest BCUT2D eigenvalue weighted by Gasteiger charge is 2.35. The molecule has 1 unspecified atom stereocenters. The first kappa shape index (κ1) is 21.4. The maximum atomic E-state index is 13.0. The van der Waals surface area contributed by atoms with Crippen LogP contribution in [0, 0.1) is 0 Å². The van der Waals surface area contributed by atoms with Crippen molar-refractivity contribution in [3.05, 3.63) is 63.1 Å². The third kappa shape index (κ3) is 4.59. The Labute approximate surface area is 190 Å². The van der Waals surface area contributed by atoms with E-state index in [2.05, 4.69) is 10.4 Å². The number of benzene rings is 2. The number of aliphatic hydroxyl groups excluding tert-OH is 1. The highest BCUT2D eigenvalue weighted by molar-refractivity contribution is 6.40. The van der Waals surface area contributed by atoms with Crippen molar-refractivity contribution in [1.29, 1.82) is 0 Å². The molecule has 1 heterocycles. The zero-order valence-corrected chi connectivity index (χ0v) is 18.5. The summed E-state index contributed by atoms with van der Waals surface area (Å²) in [5, 5.41) is 21.2. The Hall–Kier alpha value is -1.79. The molecule has 0 aromatic heterocycles. The maximum Gasteiger partial charge on any atom is 0.267 e. The molecular weight excluding hydrogens is 445 g/mol. The molecule has 0 radical (unpaired) electrons. The van der Waals surface area contributed by atoms with E-state index in [1.165, 1.54) is 0 Å². The van der Waals surface area contributed by atoms with Gasteiger partial charge in [0, 0.05) is 16.5 Å². The molecule has 1 aliphatic heterocycles. The molecule has 1 amide bonds. The second-order valence-corrected chi connectivity index (χ2v) is 8.97. The van der Waals surface area contributed by atoms with Crippen molar-refractivity contribution in [2.75, 3.05) is 5.01 Å². The summed E-state index contributed by atoms with van der Waals surface area (Å²) >= 11 is 18.5. The number of carbonyl (C=O) groups excluding carboxylic acids is 1. The van der Waals surface area contributed by atoms with Crippen molar-refractivity contribution >= 4 is 52.1 Å². The zero-order chi connectivity index (χ0) is 21.3.